The molecule has 0 saturated heterocycles. The minimum absolute atomic E-state index is 0.105. The summed E-state index contributed by atoms with van der Waals surface area (Å²) in [5, 5.41) is 0. The molecule has 2 rings (SSSR count). The Balaban J connectivity index is 2.34. The Hall–Kier alpha value is -1.70. The van der Waals surface area contributed by atoms with E-state index in [-0.39, 0.29) is 5.41 Å². The van der Waals surface area contributed by atoms with E-state index in [0.717, 1.165) is 16.8 Å². The highest BCUT2D eigenvalue weighted by Gasteiger charge is 2.14. The molecule has 0 fully saturated rings. The fraction of sp³-hybridized carbons (Fsp3) is 0.286. The molecule has 0 bridgehead atoms. The molecule has 2 heteroatoms. The van der Waals surface area contributed by atoms with E-state index < -0.39 is 0 Å². The molecule has 0 radical (unpaired) electrons. The van der Waals surface area contributed by atoms with E-state index in [1.807, 2.05) is 24.5 Å². The first-order valence-corrected chi connectivity index (χ1v) is 5.44. The summed E-state index contributed by atoms with van der Waals surface area (Å²) in [5.74, 6) is 0. The van der Waals surface area contributed by atoms with Gasteiger partial charge in [0.15, 0.2) is 0 Å². The van der Waals surface area contributed by atoms with Gasteiger partial charge in [-0.25, -0.2) is 0 Å². The van der Waals surface area contributed by atoms with Gasteiger partial charge in [-0.3, -0.25) is 9.97 Å². The van der Waals surface area contributed by atoms with Gasteiger partial charge in [-0.1, -0.05) is 32.9 Å². The second kappa shape index (κ2) is 4.05. The Morgan fingerprint density at radius 3 is 2.19 bits per heavy atom. The van der Waals surface area contributed by atoms with E-state index in [1.165, 1.54) is 0 Å². The first kappa shape index (κ1) is 10.8. The van der Waals surface area contributed by atoms with Gasteiger partial charge >= 0.3 is 0 Å². The quantitative estimate of drug-likeness (QED) is 0.723. The Morgan fingerprint density at radius 2 is 1.69 bits per heavy atom. The first-order chi connectivity index (χ1) is 7.57. The van der Waals surface area contributed by atoms with Crippen molar-refractivity contribution < 1.29 is 0 Å². The van der Waals surface area contributed by atoms with E-state index in [2.05, 4.69) is 42.9 Å². The van der Waals surface area contributed by atoms with E-state index in [9.17, 15) is 0 Å². The van der Waals surface area contributed by atoms with Crippen molar-refractivity contribution in [3.63, 3.8) is 0 Å². The van der Waals surface area contributed by atoms with Crippen LogP contribution >= 0.6 is 0 Å². The minimum atomic E-state index is 0.105. The van der Waals surface area contributed by atoms with Crippen LogP contribution in [-0.2, 0) is 5.41 Å². The zero-order chi connectivity index (χ0) is 11.6. The molecule has 2 heterocycles. The van der Waals surface area contributed by atoms with Crippen LogP contribution in [0.2, 0.25) is 0 Å². The lowest BCUT2D eigenvalue weighted by Gasteiger charge is -2.17. The van der Waals surface area contributed by atoms with Crippen LogP contribution in [0.3, 0.4) is 0 Å². The van der Waals surface area contributed by atoms with Crippen LogP contribution in [0.5, 0.6) is 0 Å². The summed E-state index contributed by atoms with van der Waals surface area (Å²) in [6.45, 7) is 6.50. The predicted molar refractivity (Wildman–Crippen MR) is 66.2 cm³/mol. The van der Waals surface area contributed by atoms with Gasteiger partial charge in [0.2, 0.25) is 0 Å². The highest BCUT2D eigenvalue weighted by Crippen LogP contribution is 2.23. The lowest BCUT2D eigenvalue weighted by Crippen LogP contribution is -2.12. The standard InChI is InChI=1S/C14H16N2/c1-14(2,3)13-7-6-12(10-16-13)11-5-4-8-15-9-11/h4-10H,1-3H3. The monoisotopic (exact) mass is 212 g/mol. The van der Waals surface area contributed by atoms with Crippen molar-refractivity contribution in [1.29, 1.82) is 0 Å². The summed E-state index contributed by atoms with van der Waals surface area (Å²) < 4.78 is 0. The van der Waals surface area contributed by atoms with E-state index in [0.29, 0.717) is 0 Å². The largest absolute Gasteiger partial charge is 0.264 e. The van der Waals surface area contributed by atoms with Gasteiger partial charge in [0.1, 0.15) is 0 Å². The van der Waals surface area contributed by atoms with Crippen molar-refractivity contribution in [2.24, 2.45) is 0 Å². The Bertz CT molecular complexity index is 452. The number of pyridine rings is 2. The maximum atomic E-state index is 4.50. The molecule has 0 aliphatic rings. The van der Waals surface area contributed by atoms with Crippen LogP contribution in [0.15, 0.2) is 42.9 Å². The maximum absolute atomic E-state index is 4.50. The van der Waals surface area contributed by atoms with Gasteiger partial charge in [0.25, 0.3) is 0 Å². The smallest absolute Gasteiger partial charge is 0.0457 e. The van der Waals surface area contributed by atoms with E-state index in [1.54, 1.807) is 6.20 Å². The number of nitrogens with zero attached hydrogens (tertiary/aromatic N) is 2. The third-order valence-electron chi connectivity index (χ3n) is 2.53. The third-order valence-corrected chi connectivity index (χ3v) is 2.53. The van der Waals surface area contributed by atoms with E-state index >= 15 is 0 Å². The van der Waals surface area contributed by atoms with Gasteiger partial charge in [0, 0.05) is 40.8 Å². The van der Waals surface area contributed by atoms with Gasteiger partial charge in [-0.15, -0.1) is 0 Å². The molecule has 82 valence electrons. The van der Waals surface area contributed by atoms with Crippen LogP contribution in [0.25, 0.3) is 11.1 Å². The summed E-state index contributed by atoms with van der Waals surface area (Å²) in [6, 6.07) is 8.17. The Morgan fingerprint density at radius 1 is 0.938 bits per heavy atom. The Labute approximate surface area is 96.4 Å². The average Bonchev–Trinajstić information content (AvgIpc) is 2.29. The van der Waals surface area contributed by atoms with Crippen molar-refractivity contribution in [3.8, 4) is 11.1 Å². The summed E-state index contributed by atoms with van der Waals surface area (Å²) in [7, 11) is 0. The van der Waals surface area contributed by atoms with E-state index in [4.69, 9.17) is 0 Å². The first-order valence-electron chi connectivity index (χ1n) is 5.44. The summed E-state index contributed by atoms with van der Waals surface area (Å²) in [5.41, 5.74) is 3.43. The van der Waals surface area contributed by atoms with Crippen molar-refractivity contribution in [1.82, 2.24) is 9.97 Å². The number of hydrogen-bond donors (Lipinski definition) is 0. The molecule has 2 aromatic rings. The second-order valence-corrected chi connectivity index (χ2v) is 4.92. The molecule has 0 N–H and O–H groups in total. The molecule has 2 nitrogen and oxygen atoms in total. The second-order valence-electron chi connectivity index (χ2n) is 4.92. The minimum Gasteiger partial charge on any atom is -0.264 e. The van der Waals surface area contributed by atoms with Crippen LogP contribution in [0.1, 0.15) is 26.5 Å². The van der Waals surface area contributed by atoms with Gasteiger partial charge in [-0.05, 0) is 12.1 Å². The van der Waals surface area contributed by atoms with Crippen molar-refractivity contribution in [3.05, 3.63) is 48.5 Å². The molecule has 0 saturated carbocycles. The molecule has 0 atom stereocenters. The zero-order valence-corrected chi connectivity index (χ0v) is 9.94. The van der Waals surface area contributed by atoms with Gasteiger partial charge in [0.05, 0.1) is 0 Å². The van der Waals surface area contributed by atoms with Gasteiger partial charge < -0.3 is 0 Å². The van der Waals surface area contributed by atoms with Crippen molar-refractivity contribution in [2.75, 3.05) is 0 Å². The van der Waals surface area contributed by atoms with Gasteiger partial charge in [-0.2, -0.15) is 0 Å². The zero-order valence-electron chi connectivity index (χ0n) is 9.94. The summed E-state index contributed by atoms with van der Waals surface area (Å²) in [6.07, 6.45) is 5.55. The molecular formula is C14H16N2. The van der Waals surface area contributed by atoms with Crippen molar-refractivity contribution in [2.45, 2.75) is 26.2 Å². The fourth-order valence-electron chi connectivity index (χ4n) is 1.54. The summed E-state index contributed by atoms with van der Waals surface area (Å²) >= 11 is 0. The normalized spacial score (nSPS) is 11.4. The molecule has 0 spiro atoms. The number of hydrogen-bond acceptors (Lipinski definition) is 2. The third kappa shape index (κ3) is 2.27. The van der Waals surface area contributed by atoms with Crippen molar-refractivity contribution >= 4 is 0 Å². The Kier molecular flexibility index (Phi) is 2.73. The molecule has 0 aliphatic carbocycles. The topological polar surface area (TPSA) is 25.8 Å². The maximum Gasteiger partial charge on any atom is 0.0457 e. The van der Waals surface area contributed by atoms with Crippen LogP contribution < -0.4 is 0 Å². The number of aromatic nitrogens is 2. The highest BCUT2D eigenvalue weighted by atomic mass is 14.7. The molecule has 0 aliphatic heterocycles. The predicted octanol–water partition coefficient (Wildman–Crippen LogP) is 3.44. The lowest BCUT2D eigenvalue weighted by molar-refractivity contribution is 0.569. The molecule has 16 heavy (non-hydrogen) atoms. The van der Waals surface area contributed by atoms with Crippen LogP contribution in [-0.4, -0.2) is 9.97 Å². The fourth-order valence-corrected chi connectivity index (χ4v) is 1.54. The highest BCUT2D eigenvalue weighted by molar-refractivity contribution is 5.61. The molecule has 0 unspecified atom stereocenters. The average molecular weight is 212 g/mol. The lowest BCUT2D eigenvalue weighted by atomic mass is 9.91. The van der Waals surface area contributed by atoms with Crippen LogP contribution in [0, 0.1) is 0 Å². The molecular weight excluding hydrogens is 196 g/mol. The molecule has 0 amide bonds. The molecule has 0 aromatic carbocycles. The summed E-state index contributed by atoms with van der Waals surface area (Å²) in [4.78, 5) is 8.60. The number of rotatable bonds is 1. The van der Waals surface area contributed by atoms with Crippen LogP contribution in [0.4, 0.5) is 0 Å². The SMILES string of the molecule is CC(C)(C)c1ccc(-c2cccnc2)cn1. The molecule has 2 aromatic heterocycles.